The summed E-state index contributed by atoms with van der Waals surface area (Å²) < 4.78 is 32.7. The summed E-state index contributed by atoms with van der Waals surface area (Å²) in [5, 5.41) is 0. The highest BCUT2D eigenvalue weighted by atomic mass is 79.9. The second kappa shape index (κ2) is 10.1. The quantitative estimate of drug-likeness (QED) is 0.607. The number of carbonyl (C=O) groups excluding carboxylic acids is 1. The summed E-state index contributed by atoms with van der Waals surface area (Å²) in [7, 11) is -3.50. The van der Waals surface area contributed by atoms with Gasteiger partial charge in [0, 0.05) is 4.47 Å². The third-order valence-electron chi connectivity index (χ3n) is 3.17. The summed E-state index contributed by atoms with van der Waals surface area (Å²) >= 11 is 3.35. The van der Waals surface area contributed by atoms with Gasteiger partial charge >= 0.3 is 5.97 Å². The Morgan fingerprint density at radius 1 is 1.22 bits per heavy atom. The van der Waals surface area contributed by atoms with Gasteiger partial charge in [0.05, 0.1) is 12.4 Å². The van der Waals surface area contributed by atoms with Crippen LogP contribution in [0.15, 0.2) is 28.7 Å². The van der Waals surface area contributed by atoms with E-state index in [0.29, 0.717) is 12.8 Å². The van der Waals surface area contributed by atoms with Gasteiger partial charge in [0.15, 0.2) is 0 Å². The number of rotatable bonds is 10. The Bertz CT molecular complexity index is 587. The van der Waals surface area contributed by atoms with Crippen molar-refractivity contribution < 1.29 is 17.9 Å². The van der Waals surface area contributed by atoms with E-state index in [9.17, 15) is 13.2 Å². The van der Waals surface area contributed by atoms with E-state index >= 15 is 0 Å². The molecule has 1 aromatic rings. The van der Waals surface area contributed by atoms with Crippen molar-refractivity contribution >= 4 is 31.9 Å². The van der Waals surface area contributed by atoms with E-state index < -0.39 is 22.0 Å². The lowest BCUT2D eigenvalue weighted by atomic mass is 10.1. The van der Waals surface area contributed by atoms with Crippen LogP contribution in [-0.2, 0) is 26.0 Å². The molecule has 0 aromatic heterocycles. The van der Waals surface area contributed by atoms with Crippen LogP contribution >= 0.6 is 15.9 Å². The molecule has 0 fully saturated rings. The second-order valence-electron chi connectivity index (χ2n) is 5.34. The summed E-state index contributed by atoms with van der Waals surface area (Å²) in [4.78, 5) is 12.2. The van der Waals surface area contributed by atoms with E-state index in [2.05, 4.69) is 20.7 Å². The normalized spacial score (nSPS) is 12.8. The minimum atomic E-state index is -3.50. The summed E-state index contributed by atoms with van der Waals surface area (Å²) in [6.07, 6.45) is 2.30. The Morgan fingerprint density at radius 2 is 1.87 bits per heavy atom. The minimum Gasteiger partial charge on any atom is -0.465 e. The Kier molecular flexibility index (Phi) is 8.79. The number of unbranched alkanes of at least 4 members (excludes halogenated alkanes) is 1. The maximum atomic E-state index is 12.2. The molecule has 0 spiro atoms. The molecule has 1 N–H and O–H groups in total. The second-order valence-corrected chi connectivity index (χ2v) is 8.13. The number of nitrogens with one attached hydrogen (secondary N) is 1. The molecule has 23 heavy (non-hydrogen) atoms. The molecule has 0 radical (unpaired) electrons. The number of halogens is 1. The summed E-state index contributed by atoms with van der Waals surface area (Å²) in [5.74, 6) is -0.517. The minimum absolute atomic E-state index is 0.0153. The lowest BCUT2D eigenvalue weighted by molar-refractivity contribution is -0.145. The predicted molar refractivity (Wildman–Crippen MR) is 94.7 cm³/mol. The summed E-state index contributed by atoms with van der Waals surface area (Å²) in [6, 6.07) is 6.52. The smallest absolute Gasteiger partial charge is 0.324 e. The zero-order chi connectivity index (χ0) is 17.3. The van der Waals surface area contributed by atoms with E-state index in [0.717, 1.165) is 16.5 Å². The molecule has 130 valence electrons. The van der Waals surface area contributed by atoms with Crippen LogP contribution in [0.5, 0.6) is 0 Å². The molecule has 0 aliphatic heterocycles. The lowest BCUT2D eigenvalue weighted by Crippen LogP contribution is -2.44. The van der Waals surface area contributed by atoms with Crippen molar-refractivity contribution in [1.29, 1.82) is 0 Å². The number of carbonyl (C=O) groups is 1. The molecule has 0 amide bonds. The molecule has 7 heteroatoms. The van der Waals surface area contributed by atoms with Crippen molar-refractivity contribution in [3.63, 3.8) is 0 Å². The molecule has 1 aromatic carbocycles. The number of ether oxygens (including phenoxy) is 1. The van der Waals surface area contributed by atoms with Gasteiger partial charge in [0.1, 0.15) is 6.04 Å². The third kappa shape index (κ3) is 7.94. The molecule has 0 aliphatic carbocycles. The van der Waals surface area contributed by atoms with Gasteiger partial charge in [-0.25, -0.2) is 13.1 Å². The van der Waals surface area contributed by atoms with Crippen molar-refractivity contribution in [2.45, 2.75) is 45.6 Å². The van der Waals surface area contributed by atoms with Gasteiger partial charge in [0.2, 0.25) is 10.0 Å². The molecule has 0 aliphatic rings. The van der Waals surface area contributed by atoms with Crippen LogP contribution in [0.1, 0.15) is 38.7 Å². The Labute approximate surface area is 147 Å². The Morgan fingerprint density at radius 3 is 2.43 bits per heavy atom. The van der Waals surface area contributed by atoms with Crippen molar-refractivity contribution in [3.05, 3.63) is 34.3 Å². The Hall–Kier alpha value is -0.920. The highest BCUT2D eigenvalue weighted by molar-refractivity contribution is 9.10. The predicted octanol–water partition coefficient (Wildman–Crippen LogP) is 3.03. The first-order valence-corrected chi connectivity index (χ1v) is 10.2. The number of esters is 1. The summed E-state index contributed by atoms with van der Waals surface area (Å²) in [6.45, 7) is 4.10. The van der Waals surface area contributed by atoms with Crippen molar-refractivity contribution in [1.82, 2.24) is 4.72 Å². The highest BCUT2D eigenvalue weighted by Crippen LogP contribution is 2.13. The monoisotopic (exact) mass is 405 g/mol. The van der Waals surface area contributed by atoms with E-state index in [1.54, 1.807) is 0 Å². The molecule has 0 saturated carbocycles. The molecule has 0 unspecified atom stereocenters. The van der Waals surface area contributed by atoms with Crippen LogP contribution in [0.3, 0.4) is 0 Å². The van der Waals surface area contributed by atoms with Gasteiger partial charge in [-0.1, -0.05) is 48.3 Å². The van der Waals surface area contributed by atoms with E-state index in [-0.39, 0.29) is 18.8 Å². The SMILES string of the molecule is CCCCS(=O)(=O)N[C@@H](Cc1ccc(Br)cc1)C(=O)OCCC. The third-order valence-corrected chi connectivity index (χ3v) is 5.17. The highest BCUT2D eigenvalue weighted by Gasteiger charge is 2.25. The Balaban J connectivity index is 2.83. The van der Waals surface area contributed by atoms with Gasteiger partial charge in [-0.05, 0) is 37.0 Å². The van der Waals surface area contributed by atoms with Crippen molar-refractivity contribution in [2.24, 2.45) is 0 Å². The fourth-order valence-electron chi connectivity index (χ4n) is 1.94. The van der Waals surface area contributed by atoms with Crippen molar-refractivity contribution in [2.75, 3.05) is 12.4 Å². The summed E-state index contributed by atoms with van der Waals surface area (Å²) in [5.41, 5.74) is 0.866. The van der Waals surface area contributed by atoms with Crippen LogP contribution in [-0.4, -0.2) is 32.8 Å². The zero-order valence-corrected chi connectivity index (χ0v) is 16.0. The molecule has 1 rings (SSSR count). The molecular formula is C16H24BrNO4S. The van der Waals surface area contributed by atoms with Crippen molar-refractivity contribution in [3.8, 4) is 0 Å². The van der Waals surface area contributed by atoms with Gasteiger partial charge in [0.25, 0.3) is 0 Å². The first-order valence-electron chi connectivity index (χ1n) is 7.79. The average molecular weight is 406 g/mol. The average Bonchev–Trinajstić information content (AvgIpc) is 2.52. The molecular weight excluding hydrogens is 382 g/mol. The van der Waals surface area contributed by atoms with E-state index in [4.69, 9.17) is 4.74 Å². The molecule has 0 bridgehead atoms. The molecule has 1 atom stereocenters. The number of sulfonamides is 1. The largest absolute Gasteiger partial charge is 0.465 e. The van der Waals surface area contributed by atoms with Crippen LogP contribution in [0.4, 0.5) is 0 Å². The molecule has 0 heterocycles. The zero-order valence-electron chi connectivity index (χ0n) is 13.5. The van der Waals surface area contributed by atoms with Gasteiger partial charge in [-0.15, -0.1) is 0 Å². The first-order chi connectivity index (χ1) is 10.9. The van der Waals surface area contributed by atoms with Crippen LogP contribution < -0.4 is 4.72 Å². The topological polar surface area (TPSA) is 72.5 Å². The molecule has 0 saturated heterocycles. The first kappa shape index (κ1) is 20.1. The maximum absolute atomic E-state index is 12.2. The standard InChI is InChI=1S/C16H24BrNO4S/c1-3-5-11-23(20,21)18-15(16(19)22-10-4-2)12-13-6-8-14(17)9-7-13/h6-9,15,18H,3-5,10-12H2,1-2H3/t15-/m0/s1. The van der Waals surface area contributed by atoms with E-state index in [1.807, 2.05) is 38.1 Å². The number of hydrogen-bond donors (Lipinski definition) is 1. The fraction of sp³-hybridized carbons (Fsp3) is 0.562. The van der Waals surface area contributed by atoms with Crippen LogP contribution in [0, 0.1) is 0 Å². The van der Waals surface area contributed by atoms with Gasteiger partial charge < -0.3 is 4.74 Å². The van der Waals surface area contributed by atoms with Gasteiger partial charge in [-0.2, -0.15) is 0 Å². The maximum Gasteiger partial charge on any atom is 0.324 e. The van der Waals surface area contributed by atoms with Gasteiger partial charge in [-0.3, -0.25) is 4.79 Å². The fourth-order valence-corrected chi connectivity index (χ4v) is 3.61. The number of hydrogen-bond acceptors (Lipinski definition) is 4. The van der Waals surface area contributed by atoms with Crippen LogP contribution in [0.2, 0.25) is 0 Å². The molecule has 5 nitrogen and oxygen atoms in total. The lowest BCUT2D eigenvalue weighted by Gasteiger charge is -2.18. The number of benzene rings is 1. The van der Waals surface area contributed by atoms with Crippen LogP contribution in [0.25, 0.3) is 0 Å². The van der Waals surface area contributed by atoms with E-state index in [1.165, 1.54) is 0 Å².